The Bertz CT molecular complexity index is 347. The molecule has 0 amide bonds. The molecule has 96 valence electrons. The molecular formula is C13H22O3Ti. The van der Waals surface area contributed by atoms with Crippen LogP contribution in [0.25, 0.3) is 0 Å². The molecule has 17 heavy (non-hydrogen) atoms. The summed E-state index contributed by atoms with van der Waals surface area (Å²) in [6.07, 6.45) is 7.36. The van der Waals surface area contributed by atoms with E-state index < -0.39 is 17.8 Å². The van der Waals surface area contributed by atoms with Crippen molar-refractivity contribution in [1.29, 1.82) is 0 Å². The first-order chi connectivity index (χ1) is 8.18. The molecule has 0 spiro atoms. The fraction of sp³-hybridized carbons (Fsp3) is 0.692. The van der Waals surface area contributed by atoms with Crippen molar-refractivity contribution in [2.75, 3.05) is 21.3 Å². The first-order valence-electron chi connectivity index (χ1n) is 6.28. The summed E-state index contributed by atoms with van der Waals surface area (Å²) in [4.78, 5) is 0. The van der Waals surface area contributed by atoms with E-state index in [9.17, 15) is 0 Å². The average Bonchev–Trinajstić information content (AvgIpc) is 2.72. The first kappa shape index (κ1) is 13.5. The molecule has 0 aromatic heterocycles. The van der Waals surface area contributed by atoms with E-state index >= 15 is 0 Å². The Morgan fingerprint density at radius 1 is 1.06 bits per heavy atom. The van der Waals surface area contributed by atoms with Crippen LogP contribution in [-0.4, -0.2) is 21.3 Å². The Morgan fingerprint density at radius 3 is 2.18 bits per heavy atom. The van der Waals surface area contributed by atoms with Crippen LogP contribution in [0.5, 0.6) is 0 Å². The minimum atomic E-state index is -3.18. The second-order valence-electron chi connectivity index (χ2n) is 4.75. The molecule has 0 heterocycles. The van der Waals surface area contributed by atoms with Crippen LogP contribution in [0.4, 0.5) is 0 Å². The number of rotatable bonds is 4. The van der Waals surface area contributed by atoms with Gasteiger partial charge in [-0.1, -0.05) is 0 Å². The fourth-order valence-corrected chi connectivity index (χ4v) is 6.60. The standard InChI is InChI=1S/C10H13.3CH3O.Ti/c1-8-6-7-9-4-2-3-5-10(8)9;3*1-2;/h7-8H,2-5H2,1H3;3*1H3;/q;3*-1;+3. The van der Waals surface area contributed by atoms with Crippen LogP contribution < -0.4 is 0 Å². The van der Waals surface area contributed by atoms with Gasteiger partial charge < -0.3 is 0 Å². The van der Waals surface area contributed by atoms with Gasteiger partial charge in [-0.3, -0.25) is 0 Å². The number of hydrogen-bond acceptors (Lipinski definition) is 3. The molecule has 0 fully saturated rings. The SMILES string of the molecule is C[O][Ti]([O]C)([O]C)[C]1=CC2=C(CCCC2)C1C. The maximum atomic E-state index is 5.64. The molecule has 4 heteroatoms. The Hall–Kier alpha value is 0.0743. The molecule has 0 bridgehead atoms. The van der Waals surface area contributed by atoms with Crippen molar-refractivity contribution in [2.45, 2.75) is 32.6 Å². The van der Waals surface area contributed by atoms with Gasteiger partial charge in [0.2, 0.25) is 0 Å². The van der Waals surface area contributed by atoms with Gasteiger partial charge in [0.1, 0.15) is 0 Å². The van der Waals surface area contributed by atoms with Crippen LogP contribution in [-0.2, 0) is 27.7 Å². The van der Waals surface area contributed by atoms with Gasteiger partial charge in [-0.15, -0.1) is 0 Å². The van der Waals surface area contributed by atoms with Crippen LogP contribution in [0.2, 0.25) is 0 Å². The van der Waals surface area contributed by atoms with Crippen LogP contribution >= 0.6 is 0 Å². The molecule has 0 saturated heterocycles. The Morgan fingerprint density at radius 2 is 1.65 bits per heavy atom. The summed E-state index contributed by atoms with van der Waals surface area (Å²) in [5, 5.41) is 0. The summed E-state index contributed by atoms with van der Waals surface area (Å²) in [5.74, 6) is 0.449. The quantitative estimate of drug-likeness (QED) is 0.737. The first-order valence-corrected chi connectivity index (χ1v) is 8.97. The van der Waals surface area contributed by atoms with E-state index in [2.05, 4.69) is 13.0 Å². The van der Waals surface area contributed by atoms with Crippen molar-refractivity contribution in [3.63, 3.8) is 0 Å². The fourth-order valence-electron chi connectivity index (χ4n) is 3.07. The molecule has 2 aliphatic carbocycles. The third-order valence-electron chi connectivity index (χ3n) is 4.03. The number of hydrogen-bond donors (Lipinski definition) is 0. The zero-order chi connectivity index (χ0) is 12.5. The van der Waals surface area contributed by atoms with E-state index in [1.54, 1.807) is 26.9 Å². The Kier molecular flexibility index (Phi) is 4.27. The topological polar surface area (TPSA) is 27.7 Å². The zero-order valence-electron chi connectivity index (χ0n) is 11.2. The molecule has 2 rings (SSSR count). The summed E-state index contributed by atoms with van der Waals surface area (Å²) in [6, 6.07) is 0. The van der Waals surface area contributed by atoms with Gasteiger partial charge in [-0.25, -0.2) is 0 Å². The number of allylic oxidation sites excluding steroid dienone is 4. The molecule has 1 atom stereocenters. The Balaban J connectivity index is 2.30. The molecule has 0 aliphatic heterocycles. The van der Waals surface area contributed by atoms with E-state index in [1.807, 2.05) is 0 Å². The molecule has 2 aliphatic rings. The second-order valence-corrected chi connectivity index (χ2v) is 9.30. The normalized spacial score (nSPS) is 24.9. The molecular weight excluding hydrogens is 252 g/mol. The zero-order valence-corrected chi connectivity index (χ0v) is 12.8. The molecule has 0 N–H and O–H groups in total. The van der Waals surface area contributed by atoms with E-state index in [0.717, 1.165) is 0 Å². The van der Waals surface area contributed by atoms with Crippen molar-refractivity contribution < 1.29 is 27.7 Å². The monoisotopic (exact) mass is 274 g/mol. The van der Waals surface area contributed by atoms with E-state index in [0.29, 0.717) is 5.92 Å². The summed E-state index contributed by atoms with van der Waals surface area (Å²) in [5.41, 5.74) is 3.10. The van der Waals surface area contributed by atoms with Gasteiger partial charge in [0.05, 0.1) is 0 Å². The van der Waals surface area contributed by atoms with Crippen LogP contribution in [0.3, 0.4) is 0 Å². The van der Waals surface area contributed by atoms with Gasteiger partial charge in [-0.05, 0) is 0 Å². The van der Waals surface area contributed by atoms with Crippen LogP contribution in [0, 0.1) is 5.92 Å². The van der Waals surface area contributed by atoms with Crippen LogP contribution in [0.15, 0.2) is 21.1 Å². The summed E-state index contributed by atoms with van der Waals surface area (Å²) in [7, 11) is 5.12. The van der Waals surface area contributed by atoms with E-state index in [-0.39, 0.29) is 0 Å². The minimum absolute atomic E-state index is 0.449. The third-order valence-corrected chi connectivity index (χ3v) is 8.56. The van der Waals surface area contributed by atoms with Gasteiger partial charge in [0.25, 0.3) is 0 Å². The van der Waals surface area contributed by atoms with Gasteiger partial charge in [0, 0.05) is 0 Å². The van der Waals surface area contributed by atoms with E-state index in [4.69, 9.17) is 9.96 Å². The van der Waals surface area contributed by atoms with Crippen molar-refractivity contribution in [3.8, 4) is 0 Å². The van der Waals surface area contributed by atoms with E-state index in [1.165, 1.54) is 35.1 Å². The maximum absolute atomic E-state index is 5.64. The van der Waals surface area contributed by atoms with Crippen molar-refractivity contribution in [1.82, 2.24) is 0 Å². The molecule has 0 radical (unpaired) electrons. The molecule has 0 aromatic rings. The molecule has 0 aromatic carbocycles. The van der Waals surface area contributed by atoms with Crippen molar-refractivity contribution in [3.05, 3.63) is 21.1 Å². The summed E-state index contributed by atoms with van der Waals surface area (Å²) >= 11 is -3.18. The van der Waals surface area contributed by atoms with Gasteiger partial charge >= 0.3 is 109 Å². The predicted molar refractivity (Wildman–Crippen MR) is 63.8 cm³/mol. The van der Waals surface area contributed by atoms with Crippen molar-refractivity contribution in [2.24, 2.45) is 5.92 Å². The molecule has 1 unspecified atom stereocenters. The van der Waals surface area contributed by atoms with Gasteiger partial charge in [0.15, 0.2) is 0 Å². The predicted octanol–water partition coefficient (Wildman–Crippen LogP) is 3.23. The summed E-state index contributed by atoms with van der Waals surface area (Å²) < 4.78 is 18.2. The molecule has 0 saturated carbocycles. The van der Waals surface area contributed by atoms with Crippen molar-refractivity contribution >= 4 is 0 Å². The van der Waals surface area contributed by atoms with Crippen LogP contribution in [0.1, 0.15) is 32.6 Å². The average molecular weight is 274 g/mol. The van der Waals surface area contributed by atoms with Gasteiger partial charge in [-0.2, -0.15) is 0 Å². The molecule has 3 nitrogen and oxygen atoms in total. The second kappa shape index (κ2) is 5.37. The third kappa shape index (κ3) is 2.20. The summed E-state index contributed by atoms with van der Waals surface area (Å²) in [6.45, 7) is 2.26. The Labute approximate surface area is 109 Å².